The van der Waals surface area contributed by atoms with Gasteiger partial charge < -0.3 is 20.7 Å². The summed E-state index contributed by atoms with van der Waals surface area (Å²) in [6.07, 6.45) is 7.16. The zero-order valence-electron chi connectivity index (χ0n) is 14.4. The lowest BCUT2D eigenvalue weighted by Crippen LogP contribution is -2.61. The molecule has 5 fully saturated rings. The molecule has 25 heavy (non-hydrogen) atoms. The van der Waals surface area contributed by atoms with Gasteiger partial charge in [0.25, 0.3) is 0 Å². The van der Waals surface area contributed by atoms with Crippen molar-refractivity contribution in [1.82, 2.24) is 4.90 Å². The Morgan fingerprint density at radius 3 is 2.24 bits per heavy atom. The summed E-state index contributed by atoms with van der Waals surface area (Å²) in [5.74, 6) is 1.12. The Balaban J connectivity index is 1.54. The highest BCUT2D eigenvalue weighted by Crippen LogP contribution is 2.61. The average Bonchev–Trinajstić information content (AvgIpc) is 2.97. The summed E-state index contributed by atoms with van der Waals surface area (Å²) in [6.45, 7) is 0.214. The molecule has 136 valence electrons. The highest BCUT2D eigenvalue weighted by atomic mass is 16.4. The Hall–Kier alpha value is -1.28. The number of hydrogen-bond acceptors (Lipinski definition) is 5. The van der Waals surface area contributed by atoms with E-state index >= 15 is 0 Å². The fraction of sp³-hybridized carbons (Fsp3) is 0.938. The van der Waals surface area contributed by atoms with Crippen LogP contribution in [0.4, 0.5) is 0 Å². The summed E-state index contributed by atoms with van der Waals surface area (Å²) >= 11 is 0. The van der Waals surface area contributed by atoms with Crippen LogP contribution in [0.5, 0.6) is 0 Å². The maximum atomic E-state index is 13.2. The number of likely N-dealkylation sites (tertiary alicyclic amines) is 1. The summed E-state index contributed by atoms with van der Waals surface area (Å²) in [7, 11) is -1.65. The minimum absolute atomic E-state index is 0.132. The second-order valence-corrected chi connectivity index (χ2v) is 8.82. The fourth-order valence-electron chi connectivity index (χ4n) is 6.53. The van der Waals surface area contributed by atoms with E-state index in [1.807, 2.05) is 0 Å². The highest BCUT2D eigenvalue weighted by Gasteiger charge is 2.56. The summed E-state index contributed by atoms with van der Waals surface area (Å²) in [5, 5.41) is 23.0. The zero-order valence-corrected chi connectivity index (χ0v) is 14.4. The highest BCUT2D eigenvalue weighted by molar-refractivity contribution is 6.43. The van der Waals surface area contributed by atoms with Crippen molar-refractivity contribution < 1.29 is 14.8 Å². The Morgan fingerprint density at radius 2 is 1.76 bits per heavy atom. The number of carbonyl (C=O) groups is 1. The van der Waals surface area contributed by atoms with Crippen LogP contribution in [0.1, 0.15) is 44.9 Å². The third kappa shape index (κ3) is 2.83. The molecule has 8 nitrogen and oxygen atoms in total. The molecule has 0 unspecified atom stereocenters. The van der Waals surface area contributed by atoms with Crippen molar-refractivity contribution in [2.24, 2.45) is 34.0 Å². The van der Waals surface area contributed by atoms with E-state index in [1.165, 1.54) is 24.2 Å². The number of amides is 1. The molecule has 4 bridgehead atoms. The van der Waals surface area contributed by atoms with Gasteiger partial charge in [0.05, 0.1) is 18.0 Å². The molecule has 5 aliphatic rings. The van der Waals surface area contributed by atoms with Gasteiger partial charge in [0, 0.05) is 11.5 Å². The van der Waals surface area contributed by atoms with Gasteiger partial charge in [-0.25, -0.2) is 0 Å². The molecular weight excluding hydrogens is 321 g/mol. The summed E-state index contributed by atoms with van der Waals surface area (Å²) in [4.78, 5) is 17.4. The minimum Gasteiger partial charge on any atom is -0.426 e. The standard InChI is InChI=1S/C16H26BN5O3/c18-14(16-5-9-1-10(6-16)3-11(2-9)7-16)15(23)22-8-12(20-21-19)4-13(22)17(24)25/h9-14,24-25H,1-8,18H2/t9?,10?,11?,12-,13-,14+,16?/m0/s1. The van der Waals surface area contributed by atoms with Crippen molar-refractivity contribution >= 4 is 13.0 Å². The first-order chi connectivity index (χ1) is 11.9. The predicted molar refractivity (Wildman–Crippen MR) is 91.8 cm³/mol. The largest absolute Gasteiger partial charge is 0.475 e. The van der Waals surface area contributed by atoms with Crippen LogP contribution < -0.4 is 5.73 Å². The number of rotatable bonds is 4. The van der Waals surface area contributed by atoms with Crippen molar-refractivity contribution in [3.63, 3.8) is 0 Å². The number of nitrogens with zero attached hydrogens (tertiary/aromatic N) is 4. The van der Waals surface area contributed by atoms with Crippen molar-refractivity contribution in [3.05, 3.63) is 10.4 Å². The van der Waals surface area contributed by atoms with Crippen molar-refractivity contribution in [2.75, 3.05) is 6.54 Å². The first-order valence-corrected chi connectivity index (χ1v) is 9.38. The monoisotopic (exact) mass is 347 g/mol. The quantitative estimate of drug-likeness (QED) is 0.300. The third-order valence-electron chi connectivity index (χ3n) is 7.17. The van der Waals surface area contributed by atoms with Gasteiger partial charge in [-0.2, -0.15) is 0 Å². The molecule has 1 aliphatic heterocycles. The second-order valence-electron chi connectivity index (χ2n) is 8.82. The van der Waals surface area contributed by atoms with Gasteiger partial charge in [-0.1, -0.05) is 5.11 Å². The van der Waals surface area contributed by atoms with Crippen LogP contribution in [0.2, 0.25) is 0 Å². The second kappa shape index (κ2) is 6.16. The van der Waals surface area contributed by atoms with Crippen molar-refractivity contribution in [2.45, 2.75) is 63.0 Å². The number of azide groups is 1. The fourth-order valence-corrected chi connectivity index (χ4v) is 6.53. The first-order valence-electron chi connectivity index (χ1n) is 9.38. The van der Waals surface area contributed by atoms with E-state index in [1.54, 1.807) is 0 Å². The van der Waals surface area contributed by atoms with Gasteiger partial charge >= 0.3 is 7.12 Å². The van der Waals surface area contributed by atoms with Crippen LogP contribution in [-0.2, 0) is 4.79 Å². The summed E-state index contributed by atoms with van der Waals surface area (Å²) in [6, 6.07) is -1.03. The van der Waals surface area contributed by atoms with Crippen LogP contribution in [0, 0.1) is 23.2 Å². The molecule has 0 radical (unpaired) electrons. The predicted octanol–water partition coefficient (Wildman–Crippen LogP) is 0.822. The molecule has 4 saturated carbocycles. The number of carbonyl (C=O) groups excluding carboxylic acids is 1. The van der Waals surface area contributed by atoms with E-state index in [0.29, 0.717) is 17.8 Å². The molecule has 1 amide bonds. The van der Waals surface area contributed by atoms with E-state index in [2.05, 4.69) is 10.0 Å². The Labute approximate surface area is 147 Å². The van der Waals surface area contributed by atoms with Crippen molar-refractivity contribution in [3.8, 4) is 0 Å². The van der Waals surface area contributed by atoms with Crippen LogP contribution in [0.15, 0.2) is 5.11 Å². The normalized spacial score (nSPS) is 43.0. The molecule has 4 N–H and O–H groups in total. The molecule has 1 saturated heterocycles. The molecule has 3 atom stereocenters. The van der Waals surface area contributed by atoms with Gasteiger partial charge in [0.2, 0.25) is 5.91 Å². The first kappa shape index (κ1) is 17.2. The van der Waals surface area contributed by atoms with Crippen LogP contribution >= 0.6 is 0 Å². The minimum atomic E-state index is -1.65. The van der Waals surface area contributed by atoms with Crippen LogP contribution in [0.3, 0.4) is 0 Å². The van der Waals surface area contributed by atoms with Gasteiger partial charge in [-0.15, -0.1) is 0 Å². The maximum Gasteiger partial charge on any atom is 0.475 e. The van der Waals surface area contributed by atoms with Crippen molar-refractivity contribution in [1.29, 1.82) is 0 Å². The molecular formula is C16H26BN5O3. The lowest BCUT2D eigenvalue weighted by molar-refractivity contribution is -0.143. The zero-order chi connectivity index (χ0) is 17.8. The maximum absolute atomic E-state index is 13.2. The summed E-state index contributed by atoms with van der Waals surface area (Å²) < 4.78 is 0. The van der Waals surface area contributed by atoms with E-state index in [4.69, 9.17) is 11.3 Å². The van der Waals surface area contributed by atoms with E-state index in [9.17, 15) is 14.8 Å². The molecule has 9 heteroatoms. The van der Waals surface area contributed by atoms with E-state index in [-0.39, 0.29) is 24.3 Å². The molecule has 0 spiro atoms. The van der Waals surface area contributed by atoms with E-state index in [0.717, 1.165) is 19.3 Å². The molecule has 4 aliphatic carbocycles. The number of nitrogens with two attached hydrogens (primary N) is 1. The average molecular weight is 347 g/mol. The number of hydrogen-bond donors (Lipinski definition) is 3. The Kier molecular flexibility index (Phi) is 4.23. The summed E-state index contributed by atoms with van der Waals surface area (Å²) in [5.41, 5.74) is 15.0. The molecule has 0 aromatic heterocycles. The molecule has 1 heterocycles. The van der Waals surface area contributed by atoms with Crippen LogP contribution in [0.25, 0.3) is 10.4 Å². The molecule has 0 aromatic carbocycles. The Morgan fingerprint density at radius 1 is 1.20 bits per heavy atom. The van der Waals surface area contributed by atoms with Gasteiger partial charge in [0.1, 0.15) is 0 Å². The molecule has 0 aromatic rings. The van der Waals surface area contributed by atoms with E-state index < -0.39 is 25.1 Å². The van der Waals surface area contributed by atoms with Gasteiger partial charge in [-0.05, 0) is 73.6 Å². The van der Waals surface area contributed by atoms with Gasteiger partial charge in [-0.3, -0.25) is 4.79 Å². The Bertz CT molecular complexity index is 573. The SMILES string of the molecule is [N-]=[N+]=N[C@H]1C[C@@H](B(O)O)N(C(=O)[C@@H](N)C23CC4CC(CC(C4)C2)C3)C1. The molecule has 5 rings (SSSR count). The van der Waals surface area contributed by atoms with Crippen LogP contribution in [-0.4, -0.2) is 52.5 Å². The smallest absolute Gasteiger partial charge is 0.426 e. The van der Waals surface area contributed by atoms with Gasteiger partial charge in [0.15, 0.2) is 0 Å². The third-order valence-corrected chi connectivity index (χ3v) is 7.17. The lowest BCUT2D eigenvalue weighted by Gasteiger charge is -2.58. The lowest BCUT2D eigenvalue weighted by atomic mass is 9.47. The topological polar surface area (TPSA) is 136 Å².